The number of hydrogen-bond acceptors (Lipinski definition) is 0. The molecule has 0 saturated carbocycles. The van der Waals surface area contributed by atoms with Crippen LogP contribution in [-0.2, 0) is 0 Å². The van der Waals surface area contributed by atoms with Crippen molar-refractivity contribution in [2.24, 2.45) is 5.41 Å². The molecule has 2 aromatic rings. The predicted octanol–water partition coefficient (Wildman–Crippen LogP) is 6.42. The summed E-state index contributed by atoms with van der Waals surface area (Å²) in [5, 5.41) is 0. The van der Waals surface area contributed by atoms with Gasteiger partial charge in [-0.25, -0.2) is 0 Å². The molecule has 4 rings (SSSR count). The zero-order valence-electron chi connectivity index (χ0n) is 14.4. The lowest BCUT2D eigenvalue weighted by Crippen LogP contribution is -2.07. The van der Waals surface area contributed by atoms with E-state index >= 15 is 0 Å². The molecule has 0 aromatic heterocycles. The Morgan fingerprint density at radius 2 is 1.52 bits per heavy atom. The van der Waals surface area contributed by atoms with Crippen LogP contribution in [-0.4, -0.2) is 0 Å². The smallest absolute Gasteiger partial charge is 0.0218 e. The van der Waals surface area contributed by atoms with E-state index in [1.165, 1.54) is 44.5 Å². The first kappa shape index (κ1) is 14.5. The van der Waals surface area contributed by atoms with Gasteiger partial charge in [-0.15, -0.1) is 0 Å². The van der Waals surface area contributed by atoms with Crippen LogP contribution in [0.15, 0.2) is 59.7 Å². The largest absolute Gasteiger partial charge is 0.0652 e. The zero-order chi connectivity index (χ0) is 16.2. The van der Waals surface area contributed by atoms with Crippen LogP contribution < -0.4 is 0 Å². The Balaban J connectivity index is 1.80. The van der Waals surface area contributed by atoms with Gasteiger partial charge in [-0.2, -0.15) is 0 Å². The lowest BCUT2D eigenvalue weighted by Gasteiger charge is -2.20. The van der Waals surface area contributed by atoms with Gasteiger partial charge in [0.2, 0.25) is 0 Å². The highest BCUT2D eigenvalue weighted by molar-refractivity contribution is 5.88. The fraction of sp³-hybridized carbons (Fsp3) is 0.261. The van der Waals surface area contributed by atoms with E-state index in [1.807, 2.05) is 0 Å². The Morgan fingerprint density at radius 3 is 2.26 bits per heavy atom. The van der Waals surface area contributed by atoms with Crippen molar-refractivity contribution in [3.63, 3.8) is 0 Å². The van der Waals surface area contributed by atoms with Gasteiger partial charge in [0.1, 0.15) is 0 Å². The first-order chi connectivity index (χ1) is 10.9. The van der Waals surface area contributed by atoms with E-state index < -0.39 is 0 Å². The summed E-state index contributed by atoms with van der Waals surface area (Å²) in [5.74, 6) is 0. The standard InChI is InChI=1S/C23H23/c1-15-12-17(14-22(15)23(2,3)4)19-10-7-11-20-18-9-6-5-8-16(18)13-21(19)20/h5-11,13-14H,12H2,1-4H3. The van der Waals surface area contributed by atoms with E-state index in [0.717, 1.165) is 6.42 Å². The second-order valence-corrected chi connectivity index (χ2v) is 7.79. The summed E-state index contributed by atoms with van der Waals surface area (Å²) in [6, 6.07) is 15.4. The molecule has 0 bridgehead atoms. The van der Waals surface area contributed by atoms with Crippen LogP contribution in [0.2, 0.25) is 0 Å². The molecule has 0 N–H and O–H groups in total. The molecule has 2 aliphatic rings. The molecule has 1 radical (unpaired) electrons. The van der Waals surface area contributed by atoms with E-state index in [1.54, 1.807) is 0 Å². The van der Waals surface area contributed by atoms with Gasteiger partial charge in [0.15, 0.2) is 0 Å². The molecular formula is C23H23. The third-order valence-corrected chi connectivity index (χ3v) is 5.04. The molecule has 115 valence electrons. The van der Waals surface area contributed by atoms with Crippen molar-refractivity contribution in [1.82, 2.24) is 0 Å². The summed E-state index contributed by atoms with van der Waals surface area (Å²) in [7, 11) is 0. The molecule has 23 heavy (non-hydrogen) atoms. The molecule has 0 atom stereocenters. The normalized spacial score (nSPS) is 16.4. The molecule has 0 fully saturated rings. The van der Waals surface area contributed by atoms with E-state index in [4.69, 9.17) is 0 Å². The van der Waals surface area contributed by atoms with Crippen molar-refractivity contribution in [2.75, 3.05) is 0 Å². The van der Waals surface area contributed by atoms with E-state index in [9.17, 15) is 0 Å². The molecule has 0 nitrogen and oxygen atoms in total. The average molecular weight is 299 g/mol. The summed E-state index contributed by atoms with van der Waals surface area (Å²) in [6.07, 6.45) is 5.86. The number of allylic oxidation sites excluding steroid dienone is 4. The van der Waals surface area contributed by atoms with Gasteiger partial charge in [-0.1, -0.05) is 74.9 Å². The first-order valence-electron chi connectivity index (χ1n) is 8.43. The minimum atomic E-state index is 0.219. The third-order valence-electron chi connectivity index (χ3n) is 5.04. The summed E-state index contributed by atoms with van der Waals surface area (Å²) >= 11 is 0. The maximum atomic E-state index is 2.43. The van der Waals surface area contributed by atoms with E-state index in [0.29, 0.717) is 0 Å². The molecule has 0 aliphatic heterocycles. The molecule has 0 amide bonds. The van der Waals surface area contributed by atoms with Crippen LogP contribution >= 0.6 is 0 Å². The molecule has 0 unspecified atom stereocenters. The van der Waals surface area contributed by atoms with Crippen LogP contribution in [0.3, 0.4) is 0 Å². The Bertz CT molecular complexity index is 854. The van der Waals surface area contributed by atoms with Crippen LogP contribution in [0, 0.1) is 11.8 Å². The van der Waals surface area contributed by atoms with Gasteiger partial charge in [-0.05, 0) is 57.7 Å². The Morgan fingerprint density at radius 1 is 0.826 bits per heavy atom. The molecule has 2 aromatic carbocycles. The van der Waals surface area contributed by atoms with E-state index in [2.05, 4.69) is 82.7 Å². The number of benzene rings is 2. The van der Waals surface area contributed by atoms with Crippen molar-refractivity contribution >= 4 is 5.57 Å². The maximum absolute atomic E-state index is 2.43. The highest BCUT2D eigenvalue weighted by atomic mass is 14.3. The summed E-state index contributed by atoms with van der Waals surface area (Å²) in [4.78, 5) is 0. The van der Waals surface area contributed by atoms with Crippen LogP contribution in [0.25, 0.3) is 16.7 Å². The highest BCUT2D eigenvalue weighted by Crippen LogP contribution is 2.46. The molecule has 0 heteroatoms. The van der Waals surface area contributed by atoms with Gasteiger partial charge in [0, 0.05) is 6.42 Å². The van der Waals surface area contributed by atoms with Gasteiger partial charge in [0.25, 0.3) is 0 Å². The predicted molar refractivity (Wildman–Crippen MR) is 99.1 cm³/mol. The van der Waals surface area contributed by atoms with Crippen LogP contribution in [0.1, 0.15) is 50.8 Å². The van der Waals surface area contributed by atoms with Gasteiger partial charge < -0.3 is 0 Å². The fourth-order valence-electron chi connectivity index (χ4n) is 4.02. The van der Waals surface area contributed by atoms with Crippen molar-refractivity contribution in [2.45, 2.75) is 34.1 Å². The third kappa shape index (κ3) is 2.28. The molecule has 0 spiro atoms. The monoisotopic (exact) mass is 299 g/mol. The van der Waals surface area contributed by atoms with Crippen molar-refractivity contribution in [1.29, 1.82) is 0 Å². The second-order valence-electron chi connectivity index (χ2n) is 7.79. The SMILES string of the molecule is CC1=C(C(C)(C)C)C=C(c2cccc3c2[CH]c2ccccc2-3)C1. The summed E-state index contributed by atoms with van der Waals surface area (Å²) < 4.78 is 0. The van der Waals surface area contributed by atoms with Crippen LogP contribution in [0.4, 0.5) is 0 Å². The quantitative estimate of drug-likeness (QED) is 0.486. The minimum absolute atomic E-state index is 0.219. The topological polar surface area (TPSA) is 0 Å². The number of rotatable bonds is 1. The summed E-state index contributed by atoms with van der Waals surface area (Å²) in [6.45, 7) is 9.21. The Labute approximate surface area is 139 Å². The van der Waals surface area contributed by atoms with Crippen molar-refractivity contribution in [3.05, 3.63) is 82.8 Å². The highest BCUT2D eigenvalue weighted by Gasteiger charge is 2.27. The maximum Gasteiger partial charge on any atom is 0.0218 e. The Hall–Kier alpha value is -2.08. The zero-order valence-corrected chi connectivity index (χ0v) is 14.4. The second kappa shape index (κ2) is 4.96. The Kier molecular flexibility index (Phi) is 3.13. The lowest BCUT2D eigenvalue weighted by molar-refractivity contribution is 0.514. The first-order valence-corrected chi connectivity index (χ1v) is 8.43. The number of hydrogen-bond donors (Lipinski definition) is 0. The van der Waals surface area contributed by atoms with Crippen molar-refractivity contribution < 1.29 is 0 Å². The van der Waals surface area contributed by atoms with E-state index in [-0.39, 0.29) is 5.41 Å². The lowest BCUT2D eigenvalue weighted by atomic mass is 9.85. The summed E-state index contributed by atoms with van der Waals surface area (Å²) in [5.41, 5.74) is 11.6. The molecular weight excluding hydrogens is 276 g/mol. The molecule has 0 saturated heterocycles. The fourth-order valence-corrected chi connectivity index (χ4v) is 4.02. The molecule has 0 heterocycles. The molecule has 2 aliphatic carbocycles. The van der Waals surface area contributed by atoms with Gasteiger partial charge in [0.05, 0.1) is 0 Å². The number of fused-ring (bicyclic) bond motifs is 3. The van der Waals surface area contributed by atoms with Gasteiger partial charge >= 0.3 is 0 Å². The van der Waals surface area contributed by atoms with Crippen LogP contribution in [0.5, 0.6) is 0 Å². The van der Waals surface area contributed by atoms with Crippen molar-refractivity contribution in [3.8, 4) is 11.1 Å². The minimum Gasteiger partial charge on any atom is -0.0652 e. The average Bonchev–Trinajstić information content (AvgIpc) is 3.07. The van der Waals surface area contributed by atoms with Gasteiger partial charge in [-0.3, -0.25) is 0 Å².